The lowest BCUT2D eigenvalue weighted by molar-refractivity contribution is -0.142. The second-order valence-electron chi connectivity index (χ2n) is 10.9. The minimum Gasteiger partial charge on any atom is -0.480 e. The Balaban J connectivity index is 2.28. The van der Waals surface area contributed by atoms with Crippen LogP contribution in [-0.4, -0.2) is 89.5 Å². The van der Waals surface area contributed by atoms with Gasteiger partial charge in [0.05, 0.1) is 6.04 Å². The molecule has 2 aromatic rings. The number of aromatic amines is 1. The number of benzene rings is 1. The molecular formula is C29H48N12O5. The van der Waals surface area contributed by atoms with Gasteiger partial charge in [0.15, 0.2) is 11.9 Å². The molecule has 0 spiro atoms. The maximum atomic E-state index is 13.7. The third-order valence-corrected chi connectivity index (χ3v) is 7.18. The molecule has 1 aromatic carbocycles. The van der Waals surface area contributed by atoms with Crippen molar-refractivity contribution >= 4 is 46.5 Å². The molecule has 0 aliphatic heterocycles. The van der Waals surface area contributed by atoms with Crippen molar-refractivity contribution in [2.75, 3.05) is 19.6 Å². The number of amides is 3. The number of nitrogens with two attached hydrogens (primary N) is 6. The first-order valence-electron chi connectivity index (χ1n) is 15.2. The number of hydrogen-bond acceptors (Lipinski definition) is 8. The number of carboxylic acids is 1. The molecule has 1 aromatic heterocycles. The summed E-state index contributed by atoms with van der Waals surface area (Å²) in [5.41, 5.74) is 34.6. The van der Waals surface area contributed by atoms with Crippen molar-refractivity contribution in [2.45, 2.75) is 75.5 Å². The van der Waals surface area contributed by atoms with Gasteiger partial charge in [0.2, 0.25) is 17.7 Å². The van der Waals surface area contributed by atoms with E-state index in [0.717, 1.165) is 16.5 Å². The number of carboxylic acid groups (broad SMARTS) is 1. The first kappa shape index (κ1) is 37.3. The number of aliphatic imine (C=N–C) groups is 2. The van der Waals surface area contributed by atoms with Crippen LogP contribution in [0, 0.1) is 0 Å². The van der Waals surface area contributed by atoms with Gasteiger partial charge in [-0.05, 0) is 63.1 Å². The van der Waals surface area contributed by atoms with E-state index in [4.69, 9.17) is 34.4 Å². The van der Waals surface area contributed by atoms with Gasteiger partial charge in [-0.2, -0.15) is 0 Å². The number of hydrogen-bond donors (Lipinski definition) is 11. The lowest BCUT2D eigenvalue weighted by atomic mass is 10.0. The number of carbonyl (C=O) groups excluding carboxylic acids is 3. The van der Waals surface area contributed by atoms with Gasteiger partial charge in [0.1, 0.15) is 18.1 Å². The van der Waals surface area contributed by atoms with E-state index in [2.05, 4.69) is 30.9 Å². The third-order valence-electron chi connectivity index (χ3n) is 7.18. The topological polar surface area (TPSA) is 321 Å². The Bertz CT molecular complexity index is 1350. The van der Waals surface area contributed by atoms with E-state index < -0.39 is 47.9 Å². The molecule has 1 heterocycles. The second-order valence-corrected chi connectivity index (χ2v) is 10.9. The Labute approximate surface area is 267 Å². The van der Waals surface area contributed by atoms with Gasteiger partial charge >= 0.3 is 5.97 Å². The van der Waals surface area contributed by atoms with Gasteiger partial charge in [0, 0.05) is 36.6 Å². The number of rotatable bonds is 21. The van der Waals surface area contributed by atoms with E-state index in [9.17, 15) is 24.3 Å². The number of unbranched alkanes of at least 4 members (excludes halogenated alkanes) is 1. The number of aromatic nitrogens is 1. The fourth-order valence-corrected chi connectivity index (χ4v) is 4.73. The SMILES string of the molecule is NCCCCC(NC(=O)C(Cc1c[nH]c2ccccc12)NC(=O)C(CCCN=C(N)N)NC(=O)C(N)CCCN=C(N)N)C(=O)O. The fourth-order valence-electron chi connectivity index (χ4n) is 4.73. The second kappa shape index (κ2) is 19.5. The van der Waals surface area contributed by atoms with Crippen molar-refractivity contribution in [1.82, 2.24) is 20.9 Å². The molecule has 0 bridgehead atoms. The van der Waals surface area contributed by atoms with Crippen LogP contribution >= 0.6 is 0 Å². The average molecular weight is 645 g/mol. The Hall–Kier alpha value is -4.90. The zero-order valence-electron chi connectivity index (χ0n) is 25.9. The highest BCUT2D eigenvalue weighted by molar-refractivity contribution is 5.95. The summed E-state index contributed by atoms with van der Waals surface area (Å²) in [6, 6.07) is 2.99. The number of para-hydroxylation sites is 1. The summed E-state index contributed by atoms with van der Waals surface area (Å²) < 4.78 is 0. The smallest absolute Gasteiger partial charge is 0.326 e. The van der Waals surface area contributed by atoms with Crippen molar-refractivity contribution in [1.29, 1.82) is 0 Å². The predicted molar refractivity (Wildman–Crippen MR) is 176 cm³/mol. The molecule has 17 N–H and O–H groups in total. The highest BCUT2D eigenvalue weighted by Crippen LogP contribution is 2.19. The van der Waals surface area contributed by atoms with Gasteiger partial charge < -0.3 is 60.4 Å². The van der Waals surface area contributed by atoms with E-state index in [1.807, 2.05) is 24.3 Å². The molecule has 17 heteroatoms. The summed E-state index contributed by atoms with van der Waals surface area (Å²) in [5.74, 6) is -3.35. The van der Waals surface area contributed by atoms with Gasteiger partial charge in [-0.15, -0.1) is 0 Å². The van der Waals surface area contributed by atoms with Crippen LogP contribution in [0.3, 0.4) is 0 Å². The molecule has 0 aliphatic carbocycles. The summed E-state index contributed by atoms with van der Waals surface area (Å²) in [5, 5.41) is 18.5. The molecule has 0 aliphatic rings. The molecule has 0 fully saturated rings. The van der Waals surface area contributed by atoms with Crippen LogP contribution in [0.4, 0.5) is 0 Å². The normalized spacial score (nSPS) is 13.5. The van der Waals surface area contributed by atoms with Crippen molar-refractivity contribution in [3.8, 4) is 0 Å². The summed E-state index contributed by atoms with van der Waals surface area (Å²) in [7, 11) is 0. The van der Waals surface area contributed by atoms with Crippen LogP contribution < -0.4 is 50.4 Å². The maximum absolute atomic E-state index is 13.7. The summed E-state index contributed by atoms with van der Waals surface area (Å²) >= 11 is 0. The molecule has 0 radical (unpaired) electrons. The largest absolute Gasteiger partial charge is 0.480 e. The van der Waals surface area contributed by atoms with E-state index in [-0.39, 0.29) is 50.7 Å². The Morgan fingerprint density at radius 3 is 1.96 bits per heavy atom. The summed E-state index contributed by atoms with van der Waals surface area (Å²) in [4.78, 5) is 63.1. The zero-order chi connectivity index (χ0) is 34.1. The molecule has 3 amide bonds. The molecule has 4 unspecified atom stereocenters. The number of guanidine groups is 2. The average Bonchev–Trinajstić information content (AvgIpc) is 3.42. The summed E-state index contributed by atoms with van der Waals surface area (Å²) in [6.45, 7) is 0.852. The number of carbonyl (C=O) groups is 4. The van der Waals surface area contributed by atoms with E-state index in [1.54, 1.807) is 6.20 Å². The number of nitrogens with zero attached hydrogens (tertiary/aromatic N) is 2. The first-order valence-corrected chi connectivity index (χ1v) is 15.2. The highest BCUT2D eigenvalue weighted by Gasteiger charge is 2.31. The van der Waals surface area contributed by atoms with Crippen LogP contribution in [0.5, 0.6) is 0 Å². The lowest BCUT2D eigenvalue weighted by Gasteiger charge is -2.25. The Morgan fingerprint density at radius 1 is 0.761 bits per heavy atom. The molecule has 0 saturated heterocycles. The fraction of sp³-hybridized carbons (Fsp3) is 0.517. The van der Waals surface area contributed by atoms with Crippen molar-refractivity contribution in [2.24, 2.45) is 44.4 Å². The van der Waals surface area contributed by atoms with Gasteiger partial charge in [-0.3, -0.25) is 24.4 Å². The monoisotopic (exact) mass is 644 g/mol. The number of aliphatic carboxylic acids is 1. The number of H-pyrrole nitrogens is 1. The predicted octanol–water partition coefficient (Wildman–Crippen LogP) is -2.19. The first-order chi connectivity index (χ1) is 21.9. The Kier molecular flexibility index (Phi) is 15.8. The van der Waals surface area contributed by atoms with E-state index in [1.165, 1.54) is 0 Å². The van der Waals surface area contributed by atoms with E-state index in [0.29, 0.717) is 32.2 Å². The molecule has 254 valence electrons. The zero-order valence-corrected chi connectivity index (χ0v) is 25.9. The van der Waals surface area contributed by atoms with Crippen LogP contribution in [0.25, 0.3) is 10.9 Å². The molecule has 2 rings (SSSR count). The van der Waals surface area contributed by atoms with Crippen molar-refractivity contribution in [3.05, 3.63) is 36.0 Å². The molecule has 4 atom stereocenters. The standard InChI is InChI=1S/C29H48N12O5/c30-12-4-3-10-22(27(45)46)40-26(44)23(15-17-16-38-20-9-2-1-7-18(17)20)41-25(43)21(11-6-14-37-29(34)35)39-24(42)19(31)8-5-13-36-28(32)33/h1-2,7,9,16,19,21-23,38H,3-6,8,10-15,30-31H2,(H,39,42)(H,40,44)(H,41,43)(H,45,46)(H4,32,33,36)(H4,34,35,37). The highest BCUT2D eigenvalue weighted by atomic mass is 16.4. The van der Waals surface area contributed by atoms with Gasteiger partial charge in [-0.1, -0.05) is 18.2 Å². The lowest BCUT2D eigenvalue weighted by Crippen LogP contribution is -2.57. The number of fused-ring (bicyclic) bond motifs is 1. The molecule has 46 heavy (non-hydrogen) atoms. The Morgan fingerprint density at radius 2 is 1.33 bits per heavy atom. The van der Waals surface area contributed by atoms with Gasteiger partial charge in [0.25, 0.3) is 0 Å². The maximum Gasteiger partial charge on any atom is 0.326 e. The third kappa shape index (κ3) is 13.0. The quantitative estimate of drug-likeness (QED) is 0.0394. The molecule has 0 saturated carbocycles. The summed E-state index contributed by atoms with van der Waals surface area (Å²) in [6.07, 6.45) is 4.12. The van der Waals surface area contributed by atoms with Crippen LogP contribution in [0.15, 0.2) is 40.4 Å². The molecular weight excluding hydrogens is 596 g/mol. The molecule has 17 nitrogen and oxygen atoms in total. The van der Waals surface area contributed by atoms with Crippen LogP contribution in [0.1, 0.15) is 50.5 Å². The number of nitrogens with one attached hydrogen (secondary N) is 4. The van der Waals surface area contributed by atoms with Crippen molar-refractivity contribution < 1.29 is 24.3 Å². The van der Waals surface area contributed by atoms with E-state index >= 15 is 0 Å². The van der Waals surface area contributed by atoms with Crippen molar-refractivity contribution in [3.63, 3.8) is 0 Å². The van der Waals surface area contributed by atoms with Crippen LogP contribution in [0.2, 0.25) is 0 Å². The minimum atomic E-state index is -1.21. The van der Waals surface area contributed by atoms with Gasteiger partial charge in [-0.25, -0.2) is 4.79 Å². The minimum absolute atomic E-state index is 0.0374. The van der Waals surface area contributed by atoms with Crippen LogP contribution in [-0.2, 0) is 25.6 Å².